The first-order chi connectivity index (χ1) is 13.6. The minimum atomic E-state index is -0.659. The molecule has 2 amide bonds. The minimum Gasteiger partial charge on any atom is -0.342 e. The van der Waals surface area contributed by atoms with E-state index in [1.807, 2.05) is 40.1 Å². The van der Waals surface area contributed by atoms with Gasteiger partial charge in [-0.15, -0.1) is 0 Å². The first-order valence-corrected chi connectivity index (χ1v) is 9.72. The molecule has 2 heterocycles. The summed E-state index contributed by atoms with van der Waals surface area (Å²) in [7, 11) is 0. The second kappa shape index (κ2) is 7.62. The van der Waals surface area contributed by atoms with E-state index in [1.54, 1.807) is 12.1 Å². The first kappa shape index (κ1) is 18.5. The number of rotatable bonds is 4. The van der Waals surface area contributed by atoms with Gasteiger partial charge in [0.1, 0.15) is 11.4 Å². The number of carbonyl (C=O) groups excluding carboxylic acids is 2. The van der Waals surface area contributed by atoms with Crippen molar-refractivity contribution in [2.75, 3.05) is 24.7 Å². The molecule has 4 rings (SSSR count). The van der Waals surface area contributed by atoms with Crippen molar-refractivity contribution in [2.45, 2.75) is 31.2 Å². The summed E-state index contributed by atoms with van der Waals surface area (Å²) in [6, 6.07) is 16.2. The predicted molar refractivity (Wildman–Crippen MR) is 105 cm³/mol. The highest BCUT2D eigenvalue weighted by Gasteiger charge is 2.50. The zero-order chi connectivity index (χ0) is 19.6. The van der Waals surface area contributed by atoms with Crippen LogP contribution in [0.25, 0.3) is 0 Å². The van der Waals surface area contributed by atoms with Crippen molar-refractivity contribution in [3.63, 3.8) is 0 Å². The third kappa shape index (κ3) is 3.46. The summed E-state index contributed by atoms with van der Waals surface area (Å²) in [6.45, 7) is 1.52. The van der Waals surface area contributed by atoms with E-state index < -0.39 is 5.54 Å². The molecular weight excluding hydrogens is 357 g/mol. The second-order valence-electron chi connectivity index (χ2n) is 7.47. The third-order valence-electron chi connectivity index (χ3n) is 5.89. The Bertz CT molecular complexity index is 846. The van der Waals surface area contributed by atoms with Gasteiger partial charge in [-0.05, 0) is 49.1 Å². The molecule has 2 aliphatic heterocycles. The molecule has 0 bridgehead atoms. The Morgan fingerprint density at radius 2 is 1.71 bits per heavy atom. The standard InChI is InChI=1S/C22H24FN3O2/c23-18-7-9-19(10-8-18)26-16-24-21(28)22(26)12-14-25(15-13-22)20(27)11-6-17-4-2-1-3-5-17/h1-5,7-10H,6,11-16H2,(H,24,28). The van der Waals surface area contributed by atoms with Crippen molar-refractivity contribution >= 4 is 17.5 Å². The quantitative estimate of drug-likeness (QED) is 0.886. The molecule has 2 fully saturated rings. The van der Waals surface area contributed by atoms with Gasteiger partial charge < -0.3 is 15.1 Å². The summed E-state index contributed by atoms with van der Waals surface area (Å²) in [4.78, 5) is 29.2. The Morgan fingerprint density at radius 3 is 2.39 bits per heavy atom. The number of benzene rings is 2. The van der Waals surface area contributed by atoms with Crippen molar-refractivity contribution < 1.29 is 14.0 Å². The van der Waals surface area contributed by atoms with Crippen LogP contribution in [0, 0.1) is 5.82 Å². The maximum Gasteiger partial charge on any atom is 0.247 e. The summed E-state index contributed by atoms with van der Waals surface area (Å²) >= 11 is 0. The van der Waals surface area contributed by atoms with E-state index in [4.69, 9.17) is 0 Å². The van der Waals surface area contributed by atoms with Crippen LogP contribution < -0.4 is 10.2 Å². The van der Waals surface area contributed by atoms with Gasteiger partial charge in [0.25, 0.3) is 0 Å². The fourth-order valence-electron chi connectivity index (χ4n) is 4.23. The lowest BCUT2D eigenvalue weighted by Crippen LogP contribution is -2.57. The van der Waals surface area contributed by atoms with E-state index in [9.17, 15) is 14.0 Å². The average molecular weight is 381 g/mol. The van der Waals surface area contributed by atoms with Crippen molar-refractivity contribution in [1.29, 1.82) is 0 Å². The Balaban J connectivity index is 1.40. The smallest absolute Gasteiger partial charge is 0.247 e. The van der Waals surface area contributed by atoms with Gasteiger partial charge in [0.15, 0.2) is 0 Å². The molecule has 5 nitrogen and oxygen atoms in total. The van der Waals surface area contributed by atoms with Gasteiger partial charge in [-0.25, -0.2) is 4.39 Å². The van der Waals surface area contributed by atoms with Gasteiger partial charge in [-0.1, -0.05) is 30.3 Å². The van der Waals surface area contributed by atoms with Crippen molar-refractivity contribution in [1.82, 2.24) is 10.2 Å². The summed E-state index contributed by atoms with van der Waals surface area (Å²) in [5, 5.41) is 2.92. The molecule has 0 saturated carbocycles. The van der Waals surface area contributed by atoms with Crippen LogP contribution in [0.4, 0.5) is 10.1 Å². The highest BCUT2D eigenvalue weighted by molar-refractivity contribution is 5.93. The summed E-state index contributed by atoms with van der Waals surface area (Å²) < 4.78 is 13.3. The summed E-state index contributed by atoms with van der Waals surface area (Å²) in [5.74, 6) is -0.172. The van der Waals surface area contributed by atoms with E-state index >= 15 is 0 Å². The number of likely N-dealkylation sites (tertiary alicyclic amines) is 1. The van der Waals surface area contributed by atoms with Crippen LogP contribution >= 0.6 is 0 Å². The molecule has 2 aliphatic rings. The van der Waals surface area contributed by atoms with E-state index in [1.165, 1.54) is 12.1 Å². The second-order valence-corrected chi connectivity index (χ2v) is 7.47. The number of nitrogens with one attached hydrogen (secondary N) is 1. The van der Waals surface area contributed by atoms with Crippen LogP contribution in [-0.2, 0) is 16.0 Å². The number of hydrogen-bond donors (Lipinski definition) is 1. The average Bonchev–Trinajstić information content (AvgIpc) is 3.04. The van der Waals surface area contributed by atoms with Crippen LogP contribution in [0.5, 0.6) is 0 Å². The van der Waals surface area contributed by atoms with Gasteiger partial charge >= 0.3 is 0 Å². The van der Waals surface area contributed by atoms with Crippen LogP contribution in [0.15, 0.2) is 54.6 Å². The zero-order valence-corrected chi connectivity index (χ0v) is 15.7. The normalized spacial score (nSPS) is 18.4. The van der Waals surface area contributed by atoms with Crippen molar-refractivity contribution in [3.8, 4) is 0 Å². The van der Waals surface area contributed by atoms with Gasteiger partial charge in [0, 0.05) is 25.2 Å². The topological polar surface area (TPSA) is 52.7 Å². The molecule has 0 aliphatic carbocycles. The number of anilines is 1. The molecule has 6 heteroatoms. The maximum atomic E-state index is 13.3. The fraction of sp³-hybridized carbons (Fsp3) is 0.364. The number of piperidine rings is 1. The number of carbonyl (C=O) groups is 2. The monoisotopic (exact) mass is 381 g/mol. The number of hydrogen-bond acceptors (Lipinski definition) is 3. The fourth-order valence-corrected chi connectivity index (χ4v) is 4.23. The number of amides is 2. The summed E-state index contributed by atoms with van der Waals surface area (Å²) in [6.07, 6.45) is 2.36. The number of aryl methyl sites for hydroxylation is 1. The Labute approximate surface area is 164 Å². The van der Waals surface area contributed by atoms with Crippen LogP contribution in [0.1, 0.15) is 24.8 Å². The Morgan fingerprint density at radius 1 is 1.04 bits per heavy atom. The highest BCUT2D eigenvalue weighted by Crippen LogP contribution is 2.36. The SMILES string of the molecule is O=C(CCc1ccccc1)N1CCC2(CC1)C(=O)NCN2c1ccc(F)cc1. The first-order valence-electron chi connectivity index (χ1n) is 9.72. The number of halogens is 1. The van der Waals surface area contributed by atoms with Crippen molar-refractivity contribution in [3.05, 3.63) is 66.0 Å². The largest absolute Gasteiger partial charge is 0.342 e. The van der Waals surface area contributed by atoms with E-state index in [0.29, 0.717) is 39.0 Å². The minimum absolute atomic E-state index is 0.00629. The molecule has 0 radical (unpaired) electrons. The van der Waals surface area contributed by atoms with E-state index in [-0.39, 0.29) is 17.6 Å². The van der Waals surface area contributed by atoms with Gasteiger partial charge in [-0.2, -0.15) is 0 Å². The molecule has 1 spiro atoms. The van der Waals surface area contributed by atoms with Gasteiger partial charge in [0.2, 0.25) is 11.8 Å². The predicted octanol–water partition coefficient (Wildman–Crippen LogP) is 2.71. The van der Waals surface area contributed by atoms with E-state index in [0.717, 1.165) is 17.7 Å². The molecule has 146 valence electrons. The van der Waals surface area contributed by atoms with Crippen LogP contribution in [-0.4, -0.2) is 42.0 Å². The molecule has 0 aromatic heterocycles. The third-order valence-corrected chi connectivity index (χ3v) is 5.89. The molecule has 0 unspecified atom stereocenters. The molecule has 2 saturated heterocycles. The van der Waals surface area contributed by atoms with Gasteiger partial charge in [-0.3, -0.25) is 9.59 Å². The summed E-state index contributed by atoms with van der Waals surface area (Å²) in [5.41, 5.74) is 1.32. The van der Waals surface area contributed by atoms with E-state index in [2.05, 4.69) is 5.32 Å². The molecule has 0 atom stereocenters. The Kier molecular flexibility index (Phi) is 5.03. The molecule has 2 aromatic rings. The van der Waals surface area contributed by atoms with Crippen LogP contribution in [0.2, 0.25) is 0 Å². The number of nitrogens with zero attached hydrogens (tertiary/aromatic N) is 2. The van der Waals surface area contributed by atoms with Crippen LogP contribution in [0.3, 0.4) is 0 Å². The zero-order valence-electron chi connectivity index (χ0n) is 15.7. The molecular formula is C22H24FN3O2. The lowest BCUT2D eigenvalue weighted by Gasteiger charge is -2.43. The lowest BCUT2D eigenvalue weighted by atomic mass is 9.85. The van der Waals surface area contributed by atoms with Crippen molar-refractivity contribution in [2.24, 2.45) is 0 Å². The Hall–Kier alpha value is -2.89. The highest BCUT2D eigenvalue weighted by atomic mass is 19.1. The molecule has 2 aromatic carbocycles. The van der Waals surface area contributed by atoms with Gasteiger partial charge in [0.05, 0.1) is 6.67 Å². The maximum absolute atomic E-state index is 13.3. The molecule has 1 N–H and O–H groups in total. The lowest BCUT2D eigenvalue weighted by molar-refractivity contribution is -0.135. The molecule has 28 heavy (non-hydrogen) atoms.